The summed E-state index contributed by atoms with van der Waals surface area (Å²) in [6.45, 7) is 2.39. The third-order valence-electron chi connectivity index (χ3n) is 1.67. The molecule has 0 aliphatic carbocycles. The summed E-state index contributed by atoms with van der Waals surface area (Å²) in [4.78, 5) is 21.3. The summed E-state index contributed by atoms with van der Waals surface area (Å²) in [5, 5.41) is 10.9. The SMILES string of the molecule is CCCCSCC(=O)NCCOCC(=O)O. The standard InChI is InChI=1S/C10H19NO4S/c1-2-3-6-16-8-9(12)11-4-5-15-7-10(13)14/h2-8H2,1H3,(H,11,12)(H,13,14). The third kappa shape index (κ3) is 11.3. The maximum atomic E-state index is 11.2. The van der Waals surface area contributed by atoms with Crippen LogP contribution in [0.3, 0.4) is 0 Å². The van der Waals surface area contributed by atoms with Gasteiger partial charge in [0.2, 0.25) is 5.91 Å². The Labute approximate surface area is 99.9 Å². The Kier molecular flexibility index (Phi) is 10.3. The number of amides is 1. The van der Waals surface area contributed by atoms with Gasteiger partial charge in [0.25, 0.3) is 0 Å². The van der Waals surface area contributed by atoms with Crippen molar-refractivity contribution < 1.29 is 19.4 Å². The molecule has 0 atom stereocenters. The first-order chi connectivity index (χ1) is 7.66. The topological polar surface area (TPSA) is 75.6 Å². The van der Waals surface area contributed by atoms with Crippen molar-refractivity contribution in [3.05, 3.63) is 0 Å². The van der Waals surface area contributed by atoms with Gasteiger partial charge in [0.1, 0.15) is 6.61 Å². The molecule has 0 fully saturated rings. The minimum absolute atomic E-state index is 0.0278. The van der Waals surface area contributed by atoms with Crippen LogP contribution in [0.4, 0.5) is 0 Å². The normalized spacial score (nSPS) is 10.1. The summed E-state index contributed by atoms with van der Waals surface area (Å²) in [6.07, 6.45) is 2.26. The van der Waals surface area contributed by atoms with E-state index in [1.165, 1.54) is 0 Å². The van der Waals surface area contributed by atoms with Crippen molar-refractivity contribution in [1.29, 1.82) is 0 Å². The second-order valence-corrected chi connectivity index (χ2v) is 4.31. The molecular formula is C10H19NO4S. The van der Waals surface area contributed by atoms with Gasteiger partial charge in [-0.05, 0) is 12.2 Å². The van der Waals surface area contributed by atoms with Gasteiger partial charge in [-0.2, -0.15) is 11.8 Å². The number of carbonyl (C=O) groups is 2. The average Bonchev–Trinajstić information content (AvgIpc) is 2.23. The molecule has 0 unspecified atom stereocenters. The maximum Gasteiger partial charge on any atom is 0.329 e. The van der Waals surface area contributed by atoms with E-state index in [0.29, 0.717) is 12.3 Å². The molecule has 2 N–H and O–H groups in total. The second kappa shape index (κ2) is 10.8. The van der Waals surface area contributed by atoms with Crippen LogP contribution in [0, 0.1) is 0 Å². The Bertz CT molecular complexity index is 211. The maximum absolute atomic E-state index is 11.2. The van der Waals surface area contributed by atoms with Gasteiger partial charge in [-0.15, -0.1) is 0 Å². The van der Waals surface area contributed by atoms with Crippen LogP contribution in [-0.4, -0.2) is 48.2 Å². The number of carbonyl (C=O) groups excluding carboxylic acids is 1. The lowest BCUT2D eigenvalue weighted by molar-refractivity contribution is -0.142. The molecule has 0 radical (unpaired) electrons. The Morgan fingerprint density at radius 2 is 2.19 bits per heavy atom. The lowest BCUT2D eigenvalue weighted by atomic mass is 10.4. The number of unbranched alkanes of at least 4 members (excludes halogenated alkanes) is 1. The van der Waals surface area contributed by atoms with Crippen molar-refractivity contribution in [2.45, 2.75) is 19.8 Å². The van der Waals surface area contributed by atoms with Crippen LogP contribution in [0.25, 0.3) is 0 Å². The average molecular weight is 249 g/mol. The summed E-state index contributed by atoms with van der Waals surface area (Å²) < 4.78 is 4.77. The van der Waals surface area contributed by atoms with Crippen molar-refractivity contribution >= 4 is 23.6 Å². The molecule has 0 aliphatic rings. The molecule has 0 aromatic rings. The van der Waals surface area contributed by atoms with Crippen LogP contribution in [-0.2, 0) is 14.3 Å². The smallest absolute Gasteiger partial charge is 0.329 e. The van der Waals surface area contributed by atoms with E-state index in [9.17, 15) is 9.59 Å². The van der Waals surface area contributed by atoms with E-state index in [-0.39, 0.29) is 19.1 Å². The molecule has 0 aliphatic heterocycles. The van der Waals surface area contributed by atoms with Gasteiger partial charge in [0.15, 0.2) is 0 Å². The fraction of sp³-hybridized carbons (Fsp3) is 0.800. The van der Waals surface area contributed by atoms with Crippen LogP contribution in [0.5, 0.6) is 0 Å². The van der Waals surface area contributed by atoms with Crippen molar-refractivity contribution in [3.63, 3.8) is 0 Å². The number of rotatable bonds is 10. The lowest BCUT2D eigenvalue weighted by Crippen LogP contribution is -2.29. The van der Waals surface area contributed by atoms with Crippen molar-refractivity contribution in [2.75, 3.05) is 31.3 Å². The highest BCUT2D eigenvalue weighted by molar-refractivity contribution is 7.99. The Morgan fingerprint density at radius 1 is 1.44 bits per heavy atom. The van der Waals surface area contributed by atoms with Crippen LogP contribution >= 0.6 is 11.8 Å². The molecule has 16 heavy (non-hydrogen) atoms. The van der Waals surface area contributed by atoms with E-state index in [1.54, 1.807) is 11.8 Å². The van der Waals surface area contributed by atoms with Crippen molar-refractivity contribution in [3.8, 4) is 0 Å². The zero-order chi connectivity index (χ0) is 12.2. The predicted octanol–water partition coefficient (Wildman–Crippen LogP) is 0.737. The Morgan fingerprint density at radius 3 is 2.81 bits per heavy atom. The van der Waals surface area contributed by atoms with E-state index in [4.69, 9.17) is 9.84 Å². The number of carboxylic acid groups (broad SMARTS) is 1. The molecular weight excluding hydrogens is 230 g/mol. The monoisotopic (exact) mass is 249 g/mol. The fourth-order valence-electron chi connectivity index (χ4n) is 0.884. The summed E-state index contributed by atoms with van der Waals surface area (Å²) in [5.74, 6) is 0.430. The Hall–Kier alpha value is -0.750. The highest BCUT2D eigenvalue weighted by Gasteiger charge is 2.01. The number of hydrogen-bond donors (Lipinski definition) is 2. The van der Waals surface area contributed by atoms with Crippen molar-refractivity contribution in [1.82, 2.24) is 5.32 Å². The van der Waals surface area contributed by atoms with Gasteiger partial charge >= 0.3 is 5.97 Å². The number of carboxylic acids is 1. The molecule has 0 aromatic carbocycles. The minimum Gasteiger partial charge on any atom is -0.480 e. The van der Waals surface area contributed by atoms with E-state index >= 15 is 0 Å². The molecule has 5 nitrogen and oxygen atoms in total. The highest BCUT2D eigenvalue weighted by Crippen LogP contribution is 2.03. The van der Waals surface area contributed by atoms with Gasteiger partial charge in [0, 0.05) is 6.54 Å². The van der Waals surface area contributed by atoms with Crippen LogP contribution in [0.2, 0.25) is 0 Å². The van der Waals surface area contributed by atoms with Crippen LogP contribution < -0.4 is 5.32 Å². The minimum atomic E-state index is -0.999. The largest absolute Gasteiger partial charge is 0.480 e. The van der Waals surface area contributed by atoms with E-state index in [2.05, 4.69) is 12.2 Å². The molecule has 0 aromatic heterocycles. The number of aliphatic carboxylic acids is 1. The molecule has 0 spiro atoms. The van der Waals surface area contributed by atoms with Gasteiger partial charge in [0.05, 0.1) is 12.4 Å². The van der Waals surface area contributed by atoms with E-state index in [0.717, 1.165) is 18.6 Å². The fourth-order valence-corrected chi connectivity index (χ4v) is 1.81. The summed E-state index contributed by atoms with van der Waals surface area (Å²) >= 11 is 1.61. The lowest BCUT2D eigenvalue weighted by Gasteiger charge is -2.04. The number of hydrogen-bond acceptors (Lipinski definition) is 4. The highest BCUT2D eigenvalue weighted by atomic mass is 32.2. The molecule has 0 saturated heterocycles. The first kappa shape index (κ1) is 15.2. The molecule has 0 heterocycles. The zero-order valence-corrected chi connectivity index (χ0v) is 10.3. The van der Waals surface area contributed by atoms with Crippen LogP contribution in [0.1, 0.15) is 19.8 Å². The van der Waals surface area contributed by atoms with Gasteiger partial charge in [-0.3, -0.25) is 4.79 Å². The molecule has 6 heteroatoms. The summed E-state index contributed by atoms with van der Waals surface area (Å²) in [5.41, 5.74) is 0. The first-order valence-corrected chi connectivity index (χ1v) is 6.46. The van der Waals surface area contributed by atoms with Gasteiger partial charge in [-0.25, -0.2) is 4.79 Å². The molecule has 94 valence electrons. The van der Waals surface area contributed by atoms with E-state index in [1.807, 2.05) is 0 Å². The van der Waals surface area contributed by atoms with Gasteiger partial charge in [-0.1, -0.05) is 13.3 Å². The van der Waals surface area contributed by atoms with Gasteiger partial charge < -0.3 is 15.2 Å². The molecule has 0 rings (SSSR count). The van der Waals surface area contributed by atoms with Crippen molar-refractivity contribution in [2.24, 2.45) is 0 Å². The zero-order valence-electron chi connectivity index (χ0n) is 9.53. The molecule has 0 saturated carbocycles. The predicted molar refractivity (Wildman–Crippen MR) is 63.7 cm³/mol. The number of ether oxygens (including phenoxy) is 1. The summed E-state index contributed by atoms with van der Waals surface area (Å²) in [6, 6.07) is 0. The first-order valence-electron chi connectivity index (χ1n) is 5.30. The quantitative estimate of drug-likeness (QED) is 0.558. The number of nitrogens with one attached hydrogen (secondary N) is 1. The molecule has 1 amide bonds. The Balaban J connectivity index is 3.20. The van der Waals surface area contributed by atoms with Crippen LogP contribution in [0.15, 0.2) is 0 Å². The molecule has 0 bridgehead atoms. The van der Waals surface area contributed by atoms with E-state index < -0.39 is 5.97 Å². The second-order valence-electron chi connectivity index (χ2n) is 3.20. The number of thioether (sulfide) groups is 1. The summed E-state index contributed by atoms with van der Waals surface area (Å²) in [7, 11) is 0. The third-order valence-corrected chi connectivity index (χ3v) is 2.71.